The van der Waals surface area contributed by atoms with Crippen LogP contribution in [0.2, 0.25) is 0 Å². The van der Waals surface area contributed by atoms with Crippen LogP contribution in [0.3, 0.4) is 0 Å². The molecule has 5 aromatic rings. The van der Waals surface area contributed by atoms with Gasteiger partial charge in [0.05, 0.1) is 22.3 Å². The van der Waals surface area contributed by atoms with Crippen molar-refractivity contribution >= 4 is 34.4 Å². The van der Waals surface area contributed by atoms with E-state index >= 15 is 0 Å². The number of nitrogens with one attached hydrogen (secondary N) is 1. The average Bonchev–Trinajstić information content (AvgIpc) is 3.16. The molecule has 0 spiro atoms. The Hall–Kier alpha value is -3.92. The van der Waals surface area contributed by atoms with Gasteiger partial charge in [-0.15, -0.1) is 0 Å². The number of nitrogens with two attached hydrogens (primary N) is 1. The monoisotopic (exact) mass is 445 g/mol. The van der Waals surface area contributed by atoms with Crippen LogP contribution in [0.5, 0.6) is 0 Å². The van der Waals surface area contributed by atoms with Crippen LogP contribution in [0.1, 0.15) is 16.8 Å². The second-order valence-corrected chi connectivity index (χ2v) is 8.33. The van der Waals surface area contributed by atoms with Crippen LogP contribution in [0, 0.1) is 13.8 Å². The number of rotatable bonds is 4. The van der Waals surface area contributed by atoms with Crippen molar-refractivity contribution in [3.05, 3.63) is 86.1 Å². The number of H-pyrrole nitrogens is 1. The van der Waals surface area contributed by atoms with Crippen molar-refractivity contribution in [2.24, 2.45) is 0 Å². The second-order valence-electron chi connectivity index (χ2n) is 7.39. The molecule has 2 aromatic carbocycles. The molecule has 3 heterocycles. The minimum absolute atomic E-state index is 0.111. The van der Waals surface area contributed by atoms with Crippen molar-refractivity contribution in [3.8, 4) is 5.69 Å². The highest BCUT2D eigenvalue weighted by molar-refractivity contribution is 7.98. The minimum Gasteiger partial charge on any atom is -0.368 e. The zero-order valence-electron chi connectivity index (χ0n) is 17.4. The molecule has 0 bridgehead atoms. The fourth-order valence-corrected chi connectivity index (χ4v) is 4.45. The molecule has 32 heavy (non-hydrogen) atoms. The molecule has 5 rings (SSSR count). The van der Waals surface area contributed by atoms with Crippen molar-refractivity contribution in [2.45, 2.75) is 24.8 Å². The van der Waals surface area contributed by atoms with Crippen molar-refractivity contribution in [1.82, 2.24) is 29.1 Å². The summed E-state index contributed by atoms with van der Waals surface area (Å²) in [6, 6.07) is 14.5. The van der Waals surface area contributed by atoms with E-state index in [1.165, 1.54) is 22.3 Å². The fraction of sp³-hybridized carbons (Fsp3) is 0.136. The number of thioether (sulfide) groups is 1. The smallest absolute Gasteiger partial charge is 0.274 e. The van der Waals surface area contributed by atoms with Gasteiger partial charge in [0.15, 0.2) is 5.16 Å². The van der Waals surface area contributed by atoms with Crippen LogP contribution >= 0.6 is 11.8 Å². The van der Waals surface area contributed by atoms with E-state index in [1.807, 2.05) is 50.2 Å². The quantitative estimate of drug-likeness (QED) is 0.322. The van der Waals surface area contributed by atoms with E-state index in [9.17, 15) is 9.59 Å². The number of aromatic nitrogens is 6. The molecule has 0 radical (unpaired) electrons. The van der Waals surface area contributed by atoms with E-state index in [0.717, 1.165) is 16.8 Å². The molecule has 0 aliphatic carbocycles. The van der Waals surface area contributed by atoms with Crippen molar-refractivity contribution in [3.63, 3.8) is 0 Å². The van der Waals surface area contributed by atoms with Crippen molar-refractivity contribution in [1.29, 1.82) is 0 Å². The molecule has 3 aromatic heterocycles. The highest BCUT2D eigenvalue weighted by Crippen LogP contribution is 2.26. The molecule has 10 heteroatoms. The topological polar surface area (TPSA) is 124 Å². The third-order valence-corrected chi connectivity index (χ3v) is 6.28. The maximum Gasteiger partial charge on any atom is 0.274 e. The SMILES string of the molecule is Cc1cccc(-n2c(SCc3cc(=O)n4[nH]c(N)nc4n3)nc3ccccc3c2=O)c1C. The first-order valence-electron chi connectivity index (χ1n) is 9.88. The Kier molecular flexibility index (Phi) is 4.78. The third kappa shape index (κ3) is 3.34. The summed E-state index contributed by atoms with van der Waals surface area (Å²) in [4.78, 5) is 39.0. The molecule has 0 saturated heterocycles. The number of para-hydroxylation sites is 1. The highest BCUT2D eigenvalue weighted by atomic mass is 32.2. The maximum atomic E-state index is 13.5. The lowest BCUT2D eigenvalue weighted by Gasteiger charge is -2.16. The molecule has 9 nitrogen and oxygen atoms in total. The van der Waals surface area contributed by atoms with E-state index < -0.39 is 0 Å². The Bertz CT molecular complexity index is 1620. The van der Waals surface area contributed by atoms with Crippen molar-refractivity contribution in [2.75, 3.05) is 5.73 Å². The first kappa shape index (κ1) is 20.0. The highest BCUT2D eigenvalue weighted by Gasteiger charge is 2.16. The number of nitrogens with zero attached hydrogens (tertiary/aromatic N) is 5. The normalized spacial score (nSPS) is 11.4. The van der Waals surface area contributed by atoms with E-state index in [4.69, 9.17) is 10.7 Å². The van der Waals surface area contributed by atoms with Crippen LogP contribution < -0.4 is 16.9 Å². The Balaban J connectivity index is 1.64. The summed E-state index contributed by atoms with van der Waals surface area (Å²) in [6.07, 6.45) is 0. The second kappa shape index (κ2) is 7.65. The summed E-state index contributed by atoms with van der Waals surface area (Å²) < 4.78 is 2.82. The lowest BCUT2D eigenvalue weighted by Crippen LogP contribution is -2.23. The molecule has 0 amide bonds. The average molecular weight is 446 g/mol. The van der Waals surface area contributed by atoms with Gasteiger partial charge in [-0.05, 0) is 43.2 Å². The number of hydrogen-bond donors (Lipinski definition) is 2. The molecule has 0 atom stereocenters. The van der Waals surface area contributed by atoms with Crippen LogP contribution in [0.4, 0.5) is 5.95 Å². The first-order chi connectivity index (χ1) is 15.4. The van der Waals surface area contributed by atoms with Crippen LogP contribution in [-0.4, -0.2) is 29.1 Å². The summed E-state index contributed by atoms with van der Waals surface area (Å²) in [5, 5.41) is 3.70. The summed E-state index contributed by atoms with van der Waals surface area (Å²) >= 11 is 1.33. The third-order valence-electron chi connectivity index (χ3n) is 5.31. The van der Waals surface area contributed by atoms with Gasteiger partial charge in [0.25, 0.3) is 16.9 Å². The lowest BCUT2D eigenvalue weighted by atomic mass is 10.1. The van der Waals surface area contributed by atoms with Gasteiger partial charge in [0.1, 0.15) is 0 Å². The summed E-state index contributed by atoms with van der Waals surface area (Å²) in [7, 11) is 0. The van der Waals surface area contributed by atoms with E-state index in [0.29, 0.717) is 27.5 Å². The van der Waals surface area contributed by atoms with Gasteiger partial charge in [0.2, 0.25) is 5.95 Å². The zero-order chi connectivity index (χ0) is 22.4. The number of aryl methyl sites for hydroxylation is 1. The van der Waals surface area contributed by atoms with Gasteiger partial charge in [-0.2, -0.15) is 9.50 Å². The number of aromatic amines is 1. The van der Waals surface area contributed by atoms with Crippen LogP contribution in [-0.2, 0) is 5.75 Å². The molecule has 0 unspecified atom stereocenters. The number of nitrogen functional groups attached to an aromatic ring is 1. The largest absolute Gasteiger partial charge is 0.368 e. The molecule has 0 saturated carbocycles. The van der Waals surface area contributed by atoms with E-state index in [-0.39, 0.29) is 22.8 Å². The van der Waals surface area contributed by atoms with Crippen LogP contribution in [0.25, 0.3) is 22.4 Å². The van der Waals surface area contributed by atoms with Crippen LogP contribution in [0.15, 0.2) is 63.3 Å². The summed E-state index contributed by atoms with van der Waals surface area (Å²) in [5.74, 6) is 0.636. The molecule has 0 aliphatic rings. The molecule has 160 valence electrons. The maximum absolute atomic E-state index is 13.5. The van der Waals surface area contributed by atoms with E-state index in [2.05, 4.69) is 15.1 Å². The lowest BCUT2D eigenvalue weighted by molar-refractivity contribution is 0.812. The van der Waals surface area contributed by atoms with E-state index in [1.54, 1.807) is 10.6 Å². The Morgan fingerprint density at radius 3 is 2.69 bits per heavy atom. The Morgan fingerprint density at radius 1 is 1.03 bits per heavy atom. The summed E-state index contributed by atoms with van der Waals surface area (Å²) in [6.45, 7) is 3.99. The molecule has 0 fully saturated rings. The molecular weight excluding hydrogens is 426 g/mol. The first-order valence-corrected chi connectivity index (χ1v) is 10.9. The zero-order valence-corrected chi connectivity index (χ0v) is 18.2. The standard InChI is InChI=1S/C22H19N7O2S/c1-12-6-5-9-17(13(12)2)28-19(31)15-7-3-4-8-16(15)25-22(28)32-11-14-10-18(30)29-21(24-14)26-20(23)27-29/h3-10H,11H2,1-2H3,(H3,23,24,26,27). The predicted molar refractivity (Wildman–Crippen MR) is 124 cm³/mol. The number of benzene rings is 2. The Morgan fingerprint density at radius 2 is 1.84 bits per heavy atom. The number of hydrogen-bond acceptors (Lipinski definition) is 7. The number of anilines is 1. The van der Waals surface area contributed by atoms with Gasteiger partial charge < -0.3 is 5.73 Å². The molecule has 3 N–H and O–H groups in total. The summed E-state index contributed by atoms with van der Waals surface area (Å²) in [5.41, 5.74) is 9.17. The van der Waals surface area contributed by atoms with Gasteiger partial charge in [-0.1, -0.05) is 36.0 Å². The van der Waals surface area contributed by atoms with Gasteiger partial charge in [0, 0.05) is 11.8 Å². The van der Waals surface area contributed by atoms with Gasteiger partial charge in [-0.25, -0.2) is 9.97 Å². The predicted octanol–water partition coefficient (Wildman–Crippen LogP) is 2.61. The Labute approximate surface area is 186 Å². The fourth-order valence-electron chi connectivity index (χ4n) is 3.56. The molecule has 0 aliphatic heterocycles. The molecular formula is C22H19N7O2S. The van der Waals surface area contributed by atoms with Gasteiger partial charge >= 0.3 is 0 Å². The minimum atomic E-state index is -0.312. The van der Waals surface area contributed by atoms with Crippen molar-refractivity contribution < 1.29 is 0 Å². The van der Waals surface area contributed by atoms with Gasteiger partial charge in [-0.3, -0.25) is 19.3 Å². The number of fused-ring (bicyclic) bond motifs is 2.